The molecule has 0 atom stereocenters. The molecule has 1 amide bonds. The van der Waals surface area contributed by atoms with Crippen molar-refractivity contribution in [3.8, 4) is 0 Å². The van der Waals surface area contributed by atoms with E-state index < -0.39 is 21.9 Å². The quantitative estimate of drug-likeness (QED) is 0.491. The van der Waals surface area contributed by atoms with Crippen LogP contribution < -0.4 is 10.0 Å². The van der Waals surface area contributed by atoms with Crippen LogP contribution in [-0.2, 0) is 27.6 Å². The molecule has 4 rings (SSSR count). The Hall–Kier alpha value is -3.17. The molecule has 2 N–H and O–H groups in total. The number of thiophene rings is 1. The molecule has 0 saturated heterocycles. The normalized spacial score (nSPS) is 13.2. The molecule has 0 bridgehead atoms. The second-order valence-corrected chi connectivity index (χ2v) is 10.6. The van der Waals surface area contributed by atoms with Gasteiger partial charge in [-0.3, -0.25) is 9.52 Å². The smallest absolute Gasteiger partial charge is 0.341 e. The van der Waals surface area contributed by atoms with E-state index in [1.54, 1.807) is 37.3 Å². The minimum absolute atomic E-state index is 0.131. The summed E-state index contributed by atoms with van der Waals surface area (Å²) < 4.78 is 33.0. The van der Waals surface area contributed by atoms with E-state index in [0.717, 1.165) is 36.1 Å². The van der Waals surface area contributed by atoms with E-state index in [2.05, 4.69) is 10.0 Å². The molecular weight excluding hydrogens is 460 g/mol. The third-order valence-corrected chi connectivity index (χ3v) is 8.17. The lowest BCUT2D eigenvalue weighted by molar-refractivity contribution is 0.0601. The standard InChI is InChI=1S/C24H24N2O5S2/c1-15-12-13-16(14-19(15)26-33(29,30)17-8-4-3-5-9-17)22(27)25-23-21(24(28)31-2)18-10-6-7-11-20(18)32-23/h3-5,8-9,12-14,26H,6-7,10-11H2,1-2H3,(H,25,27). The Morgan fingerprint density at radius 3 is 2.48 bits per heavy atom. The summed E-state index contributed by atoms with van der Waals surface area (Å²) in [4.78, 5) is 26.7. The molecule has 33 heavy (non-hydrogen) atoms. The van der Waals surface area contributed by atoms with Crippen molar-refractivity contribution in [3.63, 3.8) is 0 Å². The van der Waals surface area contributed by atoms with Gasteiger partial charge in [-0.25, -0.2) is 13.2 Å². The van der Waals surface area contributed by atoms with Gasteiger partial charge in [0.15, 0.2) is 0 Å². The molecule has 0 spiro atoms. The number of nitrogens with one attached hydrogen (secondary N) is 2. The van der Waals surface area contributed by atoms with E-state index in [1.165, 1.54) is 36.6 Å². The van der Waals surface area contributed by atoms with Crippen LogP contribution in [0.4, 0.5) is 10.7 Å². The number of hydrogen-bond acceptors (Lipinski definition) is 6. The van der Waals surface area contributed by atoms with Crippen molar-refractivity contribution in [2.24, 2.45) is 0 Å². The van der Waals surface area contributed by atoms with Crippen molar-refractivity contribution in [2.45, 2.75) is 37.5 Å². The summed E-state index contributed by atoms with van der Waals surface area (Å²) >= 11 is 1.40. The van der Waals surface area contributed by atoms with E-state index in [-0.39, 0.29) is 10.5 Å². The van der Waals surface area contributed by atoms with E-state index >= 15 is 0 Å². The summed E-state index contributed by atoms with van der Waals surface area (Å²) in [7, 11) is -2.48. The van der Waals surface area contributed by atoms with Crippen molar-refractivity contribution in [2.75, 3.05) is 17.1 Å². The van der Waals surface area contributed by atoms with Gasteiger partial charge >= 0.3 is 5.97 Å². The molecular formula is C24H24N2O5S2. The molecule has 0 aliphatic heterocycles. The van der Waals surface area contributed by atoms with E-state index in [1.807, 2.05) is 0 Å². The van der Waals surface area contributed by atoms with Gasteiger partial charge in [0.25, 0.3) is 15.9 Å². The average Bonchev–Trinajstić information content (AvgIpc) is 3.18. The van der Waals surface area contributed by atoms with Gasteiger partial charge in [-0.1, -0.05) is 24.3 Å². The lowest BCUT2D eigenvalue weighted by Crippen LogP contribution is -2.17. The zero-order chi connectivity index (χ0) is 23.6. The maximum atomic E-state index is 13.1. The van der Waals surface area contributed by atoms with Gasteiger partial charge in [-0.2, -0.15) is 0 Å². The summed E-state index contributed by atoms with van der Waals surface area (Å²) in [5.41, 5.74) is 2.63. The Morgan fingerprint density at radius 1 is 1.03 bits per heavy atom. The molecule has 172 valence electrons. The fourth-order valence-corrected chi connectivity index (χ4v) is 6.24. The van der Waals surface area contributed by atoms with Crippen LogP contribution in [0.1, 0.15) is 49.6 Å². The zero-order valence-electron chi connectivity index (χ0n) is 18.3. The third kappa shape index (κ3) is 4.79. The summed E-state index contributed by atoms with van der Waals surface area (Å²) in [6.45, 7) is 1.76. The van der Waals surface area contributed by atoms with Crippen molar-refractivity contribution >= 4 is 43.9 Å². The lowest BCUT2D eigenvalue weighted by atomic mass is 9.95. The molecule has 2 aromatic carbocycles. The van der Waals surface area contributed by atoms with Crippen LogP contribution in [0.5, 0.6) is 0 Å². The van der Waals surface area contributed by atoms with E-state index in [4.69, 9.17) is 4.74 Å². The first-order valence-corrected chi connectivity index (χ1v) is 12.8. The van der Waals surface area contributed by atoms with E-state index in [9.17, 15) is 18.0 Å². The number of rotatable bonds is 6. The predicted octanol–water partition coefficient (Wildman–Crippen LogP) is 4.78. The van der Waals surface area contributed by atoms with Crippen molar-refractivity contribution < 1.29 is 22.7 Å². The number of hydrogen-bond donors (Lipinski definition) is 2. The number of benzene rings is 2. The molecule has 1 aromatic heterocycles. The largest absolute Gasteiger partial charge is 0.465 e. The topological polar surface area (TPSA) is 102 Å². The number of sulfonamides is 1. The molecule has 7 nitrogen and oxygen atoms in total. The monoisotopic (exact) mass is 484 g/mol. The van der Waals surface area contributed by atoms with Gasteiger partial charge in [-0.15, -0.1) is 11.3 Å². The highest BCUT2D eigenvalue weighted by molar-refractivity contribution is 7.92. The molecule has 9 heteroatoms. The highest BCUT2D eigenvalue weighted by atomic mass is 32.2. The lowest BCUT2D eigenvalue weighted by Gasteiger charge is -2.13. The van der Waals surface area contributed by atoms with Gasteiger partial charge in [0.2, 0.25) is 0 Å². The zero-order valence-corrected chi connectivity index (χ0v) is 19.9. The van der Waals surface area contributed by atoms with Gasteiger partial charge in [0, 0.05) is 10.4 Å². The highest BCUT2D eigenvalue weighted by Gasteiger charge is 2.27. The summed E-state index contributed by atoms with van der Waals surface area (Å²) in [5, 5.41) is 3.31. The van der Waals surface area contributed by atoms with Crippen molar-refractivity contribution in [1.82, 2.24) is 0 Å². The maximum Gasteiger partial charge on any atom is 0.341 e. The Morgan fingerprint density at radius 2 is 1.76 bits per heavy atom. The predicted molar refractivity (Wildman–Crippen MR) is 129 cm³/mol. The minimum Gasteiger partial charge on any atom is -0.465 e. The third-order valence-electron chi connectivity index (χ3n) is 5.59. The Balaban J connectivity index is 1.62. The number of ether oxygens (including phenoxy) is 1. The molecule has 1 aliphatic carbocycles. The Labute approximate surface area is 196 Å². The van der Waals surface area contributed by atoms with Crippen molar-refractivity contribution in [1.29, 1.82) is 0 Å². The first kappa shape index (κ1) is 23.0. The Bertz CT molecular complexity index is 1310. The van der Waals surface area contributed by atoms with Crippen LogP contribution in [-0.4, -0.2) is 27.4 Å². The number of methoxy groups -OCH3 is 1. The number of anilines is 2. The van der Waals surface area contributed by atoms with Crippen LogP contribution in [0.25, 0.3) is 0 Å². The molecule has 0 saturated carbocycles. The first-order chi connectivity index (χ1) is 15.8. The van der Waals surface area contributed by atoms with Gasteiger partial charge in [-0.05, 0) is 68.0 Å². The van der Waals surface area contributed by atoms with Gasteiger partial charge in [0.05, 0.1) is 23.3 Å². The second kappa shape index (κ2) is 9.36. The van der Waals surface area contributed by atoms with Crippen LogP contribution in [0.15, 0.2) is 53.4 Å². The summed E-state index contributed by atoms with van der Waals surface area (Å²) in [6, 6.07) is 12.8. The number of carbonyl (C=O) groups excluding carboxylic acids is 2. The fraction of sp³-hybridized carbons (Fsp3) is 0.250. The number of carbonyl (C=O) groups is 2. The van der Waals surface area contributed by atoms with Crippen LogP contribution in [0.3, 0.4) is 0 Å². The van der Waals surface area contributed by atoms with Crippen LogP contribution >= 0.6 is 11.3 Å². The number of esters is 1. The summed E-state index contributed by atoms with van der Waals surface area (Å²) in [6.07, 6.45) is 3.69. The SMILES string of the molecule is COC(=O)c1c(NC(=O)c2ccc(C)c(NS(=O)(=O)c3ccccc3)c2)sc2c1CCCC2. The minimum atomic E-state index is -3.80. The first-order valence-electron chi connectivity index (χ1n) is 10.5. The second-order valence-electron chi connectivity index (χ2n) is 7.81. The highest BCUT2D eigenvalue weighted by Crippen LogP contribution is 2.38. The molecule has 0 radical (unpaired) electrons. The average molecular weight is 485 g/mol. The van der Waals surface area contributed by atoms with E-state index in [0.29, 0.717) is 21.8 Å². The van der Waals surface area contributed by atoms with Gasteiger partial charge < -0.3 is 10.1 Å². The van der Waals surface area contributed by atoms with Crippen LogP contribution in [0, 0.1) is 6.92 Å². The maximum absolute atomic E-state index is 13.1. The van der Waals surface area contributed by atoms with Gasteiger partial charge in [0.1, 0.15) is 5.00 Å². The number of fused-ring (bicyclic) bond motifs is 1. The summed E-state index contributed by atoms with van der Waals surface area (Å²) in [5.74, 6) is -0.899. The molecule has 1 heterocycles. The Kier molecular flexibility index (Phi) is 6.53. The number of amides is 1. The molecule has 0 fully saturated rings. The van der Waals surface area contributed by atoms with Crippen LogP contribution in [0.2, 0.25) is 0 Å². The number of aryl methyl sites for hydroxylation is 2. The molecule has 3 aromatic rings. The molecule has 0 unspecified atom stereocenters. The van der Waals surface area contributed by atoms with Crippen molar-refractivity contribution in [3.05, 3.63) is 75.7 Å². The molecule has 1 aliphatic rings. The fourth-order valence-electron chi connectivity index (χ4n) is 3.82.